The van der Waals surface area contributed by atoms with Crippen LogP contribution in [0.4, 0.5) is 0 Å². The Morgan fingerprint density at radius 3 is 2.12 bits per heavy atom. The van der Waals surface area contributed by atoms with E-state index in [2.05, 4.69) is 69.1 Å². The summed E-state index contributed by atoms with van der Waals surface area (Å²) in [6.45, 7) is 12.9. The number of nitrogens with zero attached hydrogens (tertiary/aromatic N) is 1. The quantitative estimate of drug-likeness (QED) is 0.249. The molecule has 0 spiro atoms. The smallest absolute Gasteiger partial charge is 0.139 e. The number of Topliss-reactive ketones (excluding diaryl/α,β-unsaturated/α-hetero) is 1. The number of rotatable bonds is 9. The van der Waals surface area contributed by atoms with Gasteiger partial charge in [-0.05, 0) is 77.5 Å². The molecule has 2 aromatic carbocycles. The zero-order valence-corrected chi connectivity index (χ0v) is 27.8. The molecule has 1 fully saturated rings. The number of ether oxygens (including phenoxy) is 1. The predicted octanol–water partition coefficient (Wildman–Crippen LogP) is 8.12. The molecule has 2 N–H and O–H groups in total. The minimum absolute atomic E-state index is 0. The fourth-order valence-electron chi connectivity index (χ4n) is 5.47. The van der Waals surface area contributed by atoms with Gasteiger partial charge in [0.05, 0.1) is 7.11 Å². The minimum Gasteiger partial charge on any atom is -0.497 e. The normalized spacial score (nSPS) is 18.5. The highest BCUT2D eigenvalue weighted by Crippen LogP contribution is 2.44. The van der Waals surface area contributed by atoms with Gasteiger partial charge in [0.15, 0.2) is 0 Å². The van der Waals surface area contributed by atoms with Crippen molar-refractivity contribution >= 4 is 16.6 Å². The van der Waals surface area contributed by atoms with Crippen LogP contribution in [0, 0.1) is 11.8 Å². The maximum Gasteiger partial charge on any atom is 0.139 e. The Balaban J connectivity index is 0.00000107. The van der Waals surface area contributed by atoms with Crippen LogP contribution in [0.15, 0.2) is 73.1 Å². The van der Waals surface area contributed by atoms with Gasteiger partial charge < -0.3 is 10.2 Å². The number of aryl methyl sites for hydroxylation is 1. The molecule has 42 heavy (non-hydrogen) atoms. The van der Waals surface area contributed by atoms with Crippen LogP contribution < -0.4 is 4.74 Å². The summed E-state index contributed by atoms with van der Waals surface area (Å²) in [7, 11) is 0.934. The van der Waals surface area contributed by atoms with Crippen LogP contribution in [-0.2, 0) is 33.2 Å². The Morgan fingerprint density at radius 2 is 1.62 bits per heavy atom. The molecule has 2 unspecified atom stereocenters. The molecule has 0 aliphatic heterocycles. The molecular formula is C36H55NO4S. The van der Waals surface area contributed by atoms with E-state index >= 15 is 0 Å². The summed E-state index contributed by atoms with van der Waals surface area (Å²) in [4.78, 5) is 17.1. The van der Waals surface area contributed by atoms with E-state index in [1.807, 2.05) is 38.1 Å². The first-order valence-corrected chi connectivity index (χ1v) is 16.8. The van der Waals surface area contributed by atoms with Crippen molar-refractivity contribution in [2.75, 3.05) is 13.4 Å². The summed E-state index contributed by atoms with van der Waals surface area (Å²) >= 11 is 0. The Bertz CT molecular complexity index is 1190. The van der Waals surface area contributed by atoms with Gasteiger partial charge in [-0.2, -0.15) is 0 Å². The van der Waals surface area contributed by atoms with Crippen molar-refractivity contribution < 1.29 is 20.6 Å². The first kappa shape index (κ1) is 37.2. The molecule has 1 aromatic heterocycles. The summed E-state index contributed by atoms with van der Waals surface area (Å²) in [6.07, 6.45) is 10.1. The second-order valence-corrected chi connectivity index (χ2v) is 13.1. The topological polar surface area (TPSA) is 87.8 Å². The molecule has 1 aliphatic rings. The van der Waals surface area contributed by atoms with E-state index in [-0.39, 0.29) is 24.2 Å². The number of aromatic nitrogens is 1. The number of pyridine rings is 1. The van der Waals surface area contributed by atoms with E-state index in [0.29, 0.717) is 17.5 Å². The van der Waals surface area contributed by atoms with Crippen LogP contribution in [0.5, 0.6) is 5.75 Å². The lowest BCUT2D eigenvalue weighted by Gasteiger charge is -2.22. The zero-order valence-electron chi connectivity index (χ0n) is 27.0. The third-order valence-electron chi connectivity index (χ3n) is 7.63. The molecule has 0 radical (unpaired) electrons. The van der Waals surface area contributed by atoms with Crippen LogP contribution in [0.25, 0.3) is 0 Å². The molecular weight excluding hydrogens is 542 g/mol. The van der Waals surface area contributed by atoms with Gasteiger partial charge in [-0.1, -0.05) is 90.4 Å². The highest BCUT2D eigenvalue weighted by Gasteiger charge is 2.41. The van der Waals surface area contributed by atoms with Crippen LogP contribution in [0.3, 0.4) is 0 Å². The van der Waals surface area contributed by atoms with Crippen molar-refractivity contribution in [3.8, 4) is 5.75 Å². The summed E-state index contributed by atoms with van der Waals surface area (Å²) in [5, 5.41) is 0. The Kier molecular flexibility index (Phi) is 16.5. The van der Waals surface area contributed by atoms with Crippen molar-refractivity contribution in [3.63, 3.8) is 0 Å². The predicted molar refractivity (Wildman–Crippen MR) is 180 cm³/mol. The summed E-state index contributed by atoms with van der Waals surface area (Å²) in [5.41, 5.74) is 5.15. The molecule has 3 aromatic rings. The SMILES string of the molecule is CC.CCC[C@@H]1C[C@@H](c2ccc(C(C)(C)C)cc2)C(CCc2ccc(OC)cc2)C1=O.CS(=O)Cc1cccnc1.O.[HH]. The standard InChI is InChI=1S/C27H36O2.C7H9NOS.C2H6.H2O.H2/c1-6-7-21-18-25(20-11-13-22(14-12-20)27(2,3)4)24(26(21)28)17-10-19-8-15-23(29-5)16-9-19;1-10(9)6-7-3-2-4-8-5-7;1-2;;/h8-9,11-16,21,24-25H,6-7,10,17-18H2,1-5H3;2-5H,6H2,1H3;1-2H3;1H2;1H/t21-,24?,25+;;;;/m1..../s1. The number of hydrogen-bond donors (Lipinski definition) is 0. The average molecular weight is 598 g/mol. The third-order valence-corrected chi connectivity index (χ3v) is 8.37. The van der Waals surface area contributed by atoms with Crippen molar-refractivity contribution in [1.82, 2.24) is 4.98 Å². The van der Waals surface area contributed by atoms with Crippen LogP contribution in [0.1, 0.15) is 96.8 Å². The molecule has 4 atom stereocenters. The van der Waals surface area contributed by atoms with Crippen molar-refractivity contribution in [3.05, 3.63) is 95.3 Å². The van der Waals surface area contributed by atoms with Gasteiger partial charge in [-0.15, -0.1) is 0 Å². The van der Waals surface area contributed by atoms with E-state index < -0.39 is 10.8 Å². The largest absolute Gasteiger partial charge is 0.497 e. The Hall–Kier alpha value is -2.83. The molecule has 5 nitrogen and oxygen atoms in total. The number of carbonyl (C=O) groups is 1. The first-order valence-electron chi connectivity index (χ1n) is 15.1. The molecule has 1 saturated carbocycles. The maximum atomic E-state index is 13.2. The fourth-order valence-corrected chi connectivity index (χ4v) is 6.11. The number of ketones is 1. The summed E-state index contributed by atoms with van der Waals surface area (Å²) in [6, 6.07) is 21.1. The summed E-state index contributed by atoms with van der Waals surface area (Å²) < 4.78 is 16.0. The van der Waals surface area contributed by atoms with E-state index in [1.165, 1.54) is 16.7 Å². The molecule has 0 bridgehead atoms. The second-order valence-electron chi connectivity index (χ2n) is 11.7. The van der Waals surface area contributed by atoms with Crippen molar-refractivity contribution in [2.45, 2.75) is 90.7 Å². The zero-order chi connectivity index (χ0) is 30.4. The van der Waals surface area contributed by atoms with E-state index in [1.54, 1.807) is 25.8 Å². The van der Waals surface area contributed by atoms with Gasteiger partial charge in [0.1, 0.15) is 11.5 Å². The van der Waals surface area contributed by atoms with Gasteiger partial charge in [0.25, 0.3) is 0 Å². The van der Waals surface area contributed by atoms with Crippen molar-refractivity contribution in [2.24, 2.45) is 11.8 Å². The molecule has 6 heteroatoms. The molecule has 234 valence electrons. The molecule has 0 amide bonds. The van der Waals surface area contributed by atoms with E-state index in [4.69, 9.17) is 4.74 Å². The average Bonchev–Trinajstić information content (AvgIpc) is 3.28. The third kappa shape index (κ3) is 11.4. The highest BCUT2D eigenvalue weighted by atomic mass is 32.2. The number of hydrogen-bond acceptors (Lipinski definition) is 4. The van der Waals surface area contributed by atoms with Gasteiger partial charge in [-0.25, -0.2) is 0 Å². The summed E-state index contributed by atoms with van der Waals surface area (Å²) in [5.74, 6) is 2.69. The lowest BCUT2D eigenvalue weighted by molar-refractivity contribution is -0.124. The minimum atomic E-state index is -0.757. The molecule has 1 aliphatic carbocycles. The van der Waals surface area contributed by atoms with Crippen LogP contribution >= 0.6 is 0 Å². The van der Waals surface area contributed by atoms with Gasteiger partial charge in [0.2, 0.25) is 0 Å². The van der Waals surface area contributed by atoms with E-state index in [9.17, 15) is 9.00 Å². The van der Waals surface area contributed by atoms with Gasteiger partial charge in [-0.3, -0.25) is 14.0 Å². The fraction of sp³-hybridized carbons (Fsp3) is 0.500. The van der Waals surface area contributed by atoms with Crippen LogP contribution in [0.2, 0.25) is 0 Å². The molecule has 1 heterocycles. The number of carbonyl (C=O) groups excluding carboxylic acids is 1. The second kappa shape index (κ2) is 18.7. The molecule has 0 saturated heterocycles. The first-order chi connectivity index (χ1) is 19.6. The lowest BCUT2D eigenvalue weighted by Crippen LogP contribution is -2.18. The lowest BCUT2D eigenvalue weighted by atomic mass is 9.82. The monoisotopic (exact) mass is 597 g/mol. The molecule has 4 rings (SSSR count). The van der Waals surface area contributed by atoms with Crippen LogP contribution in [-0.4, -0.2) is 33.8 Å². The highest BCUT2D eigenvalue weighted by molar-refractivity contribution is 7.83. The van der Waals surface area contributed by atoms with Crippen molar-refractivity contribution in [1.29, 1.82) is 0 Å². The number of methoxy groups -OCH3 is 1. The Morgan fingerprint density at radius 1 is 0.976 bits per heavy atom. The number of benzene rings is 2. The van der Waals surface area contributed by atoms with Gasteiger partial charge in [0, 0.05) is 48.5 Å². The maximum absolute atomic E-state index is 13.2. The Labute approximate surface area is 258 Å². The van der Waals surface area contributed by atoms with E-state index in [0.717, 1.165) is 43.4 Å². The van der Waals surface area contributed by atoms with Gasteiger partial charge >= 0.3 is 0 Å².